The van der Waals surface area contributed by atoms with Crippen LogP contribution in [0.1, 0.15) is 129 Å². The topological polar surface area (TPSA) is 166 Å². The van der Waals surface area contributed by atoms with E-state index < -0.39 is 17.7 Å². The fraction of sp³-hybridized carbons (Fsp3) is 0.412. The Bertz CT molecular complexity index is 2150. The van der Waals surface area contributed by atoms with E-state index in [4.69, 9.17) is 14.2 Å². The van der Waals surface area contributed by atoms with E-state index in [9.17, 15) is 28.8 Å². The van der Waals surface area contributed by atoms with Gasteiger partial charge in [0.15, 0.2) is 0 Å². The van der Waals surface area contributed by atoms with Gasteiger partial charge in [0.1, 0.15) is 17.2 Å². The summed E-state index contributed by atoms with van der Waals surface area (Å²) in [6, 6.07) is 23.5. The number of hydrogen-bond acceptors (Lipinski definition) is 9. The monoisotopic (exact) mass is 855 g/mol. The number of carbonyl (C=O) groups excluding carboxylic acids is 6. The molecule has 0 aromatic heterocycles. The van der Waals surface area contributed by atoms with Crippen LogP contribution in [0.25, 0.3) is 0 Å². The van der Waals surface area contributed by atoms with Crippen molar-refractivity contribution in [3.63, 3.8) is 0 Å². The van der Waals surface area contributed by atoms with E-state index in [0.717, 1.165) is 77.0 Å². The van der Waals surface area contributed by atoms with Crippen LogP contribution < -0.4 is 30.2 Å². The number of amides is 3. The number of anilines is 3. The molecule has 7 rings (SSSR count). The van der Waals surface area contributed by atoms with E-state index in [1.807, 2.05) is 0 Å². The van der Waals surface area contributed by atoms with Crippen molar-refractivity contribution in [1.82, 2.24) is 0 Å². The van der Waals surface area contributed by atoms with Gasteiger partial charge in [-0.15, -0.1) is 0 Å². The normalized spacial score (nSPS) is 22.1. The predicted molar refractivity (Wildman–Crippen MR) is 240 cm³/mol. The van der Waals surface area contributed by atoms with Crippen molar-refractivity contribution in [3.05, 3.63) is 108 Å². The fourth-order valence-electron chi connectivity index (χ4n) is 8.54. The van der Waals surface area contributed by atoms with Gasteiger partial charge in [-0.3, -0.25) is 28.8 Å². The zero-order valence-corrected chi connectivity index (χ0v) is 36.3. The largest absolute Gasteiger partial charge is 0.426 e. The second-order valence-corrected chi connectivity index (χ2v) is 17.9. The Morgan fingerprint density at radius 1 is 0.365 bits per heavy atom. The van der Waals surface area contributed by atoms with Crippen molar-refractivity contribution in [2.45, 2.75) is 97.8 Å². The van der Waals surface area contributed by atoms with Crippen LogP contribution in [-0.4, -0.2) is 35.6 Å². The van der Waals surface area contributed by atoms with E-state index in [1.54, 1.807) is 60.7 Å². The average Bonchev–Trinajstić information content (AvgIpc) is 3.28. The van der Waals surface area contributed by atoms with Gasteiger partial charge in [-0.05, 0) is 186 Å². The Morgan fingerprint density at radius 3 is 0.984 bits per heavy atom. The molecule has 0 spiro atoms. The third-order valence-electron chi connectivity index (χ3n) is 12.8. The summed E-state index contributed by atoms with van der Waals surface area (Å²) >= 11 is 0. The smallest absolute Gasteiger partial charge is 0.314 e. The Hall–Kier alpha value is -6.30. The van der Waals surface area contributed by atoms with Gasteiger partial charge in [0.05, 0.1) is 17.8 Å². The minimum atomic E-state index is -0.557. The van der Waals surface area contributed by atoms with E-state index in [-0.39, 0.29) is 58.0 Å². The molecule has 3 aliphatic carbocycles. The maximum atomic E-state index is 13.7. The quantitative estimate of drug-likeness (QED) is 0.0928. The van der Waals surface area contributed by atoms with Crippen molar-refractivity contribution in [2.75, 3.05) is 16.0 Å². The lowest BCUT2D eigenvalue weighted by Crippen LogP contribution is -2.25. The number of ether oxygens (including phenoxy) is 3. The molecule has 0 atom stereocenters. The van der Waals surface area contributed by atoms with Gasteiger partial charge < -0.3 is 30.2 Å². The number of carbonyl (C=O) groups is 6. The van der Waals surface area contributed by atoms with Crippen LogP contribution in [0.15, 0.2) is 91.0 Å². The van der Waals surface area contributed by atoms with Crippen LogP contribution in [0, 0.1) is 35.5 Å². The van der Waals surface area contributed by atoms with Gasteiger partial charge in [-0.25, -0.2) is 0 Å². The first-order valence-corrected chi connectivity index (χ1v) is 22.4. The zero-order valence-electron chi connectivity index (χ0n) is 36.3. The summed E-state index contributed by atoms with van der Waals surface area (Å²) < 4.78 is 16.9. The first-order valence-electron chi connectivity index (χ1n) is 22.4. The van der Waals surface area contributed by atoms with Gasteiger partial charge in [-0.2, -0.15) is 0 Å². The second-order valence-electron chi connectivity index (χ2n) is 17.9. The van der Waals surface area contributed by atoms with Crippen LogP contribution in [0.2, 0.25) is 0 Å². The Kier molecular flexibility index (Phi) is 14.7. The highest BCUT2D eigenvalue weighted by Gasteiger charge is 2.28. The first kappa shape index (κ1) is 44.7. The Labute approximate surface area is 368 Å². The lowest BCUT2D eigenvalue weighted by molar-refractivity contribution is -0.141. The van der Waals surface area contributed by atoms with Crippen molar-refractivity contribution in [2.24, 2.45) is 35.5 Å². The Morgan fingerprint density at radius 2 is 0.651 bits per heavy atom. The molecule has 3 amide bonds. The summed E-state index contributed by atoms with van der Waals surface area (Å²) in [7, 11) is 0. The average molecular weight is 856 g/mol. The molecule has 0 unspecified atom stereocenters. The summed E-state index contributed by atoms with van der Waals surface area (Å²) in [6.07, 6.45) is 10.8. The molecule has 0 bridgehead atoms. The van der Waals surface area contributed by atoms with E-state index in [0.29, 0.717) is 46.4 Å². The van der Waals surface area contributed by atoms with E-state index in [1.165, 1.54) is 30.3 Å². The third-order valence-corrected chi connectivity index (χ3v) is 12.8. The number of hydrogen-bond donors (Lipinski definition) is 3. The highest BCUT2D eigenvalue weighted by atomic mass is 16.5. The molecule has 3 fully saturated rings. The maximum Gasteiger partial charge on any atom is 0.314 e. The molecule has 0 radical (unpaired) electrons. The lowest BCUT2D eigenvalue weighted by Gasteiger charge is -2.24. The molecule has 0 heterocycles. The van der Waals surface area contributed by atoms with E-state index >= 15 is 0 Å². The fourth-order valence-corrected chi connectivity index (χ4v) is 8.54. The standard InChI is InChI=1S/C51H57N3O9/c1-31-4-10-35(11-5-31)49(58)61-43-22-16-34(17-23-43)46(55)54-42-29-38(47(56)52-40-18-24-44(25-19-40)62-50(59)36-12-6-32(2)7-13-36)28-39(30-42)48(57)53-41-20-26-45(27-21-41)63-51(60)37-14-8-33(3)9-15-37/h16-33,35-37H,4-15H2,1-3H3,(H,52,56)(H,53,57)(H,54,55). The molecule has 4 aromatic carbocycles. The third kappa shape index (κ3) is 12.4. The van der Waals surface area contributed by atoms with Crippen molar-refractivity contribution in [1.29, 1.82) is 0 Å². The van der Waals surface area contributed by atoms with Crippen molar-refractivity contribution in [3.8, 4) is 17.2 Å². The predicted octanol–water partition coefficient (Wildman–Crippen LogP) is 10.6. The van der Waals surface area contributed by atoms with Gasteiger partial charge in [0, 0.05) is 33.8 Å². The second kappa shape index (κ2) is 20.7. The molecular formula is C51H57N3O9. The SMILES string of the molecule is CC1CCC(C(=O)Oc2ccc(NC(=O)c3cc(NC(=O)c4ccc(OC(=O)C5CCC(C)CC5)cc4)cc(C(=O)Nc4ccc(OC(=O)C5CCC(C)CC5)cc4)c3)cc2)CC1. The van der Waals surface area contributed by atoms with Gasteiger partial charge in [0.2, 0.25) is 0 Å². The molecule has 63 heavy (non-hydrogen) atoms. The highest BCUT2D eigenvalue weighted by molar-refractivity contribution is 6.11. The number of esters is 3. The van der Waals surface area contributed by atoms with Gasteiger partial charge in [0.25, 0.3) is 17.7 Å². The molecule has 3 saturated carbocycles. The minimum absolute atomic E-state index is 0.0821. The minimum Gasteiger partial charge on any atom is -0.426 e. The van der Waals surface area contributed by atoms with Gasteiger partial charge in [-0.1, -0.05) is 20.8 Å². The summed E-state index contributed by atoms with van der Waals surface area (Å²) in [5, 5.41) is 8.45. The van der Waals surface area contributed by atoms with Crippen LogP contribution in [0.3, 0.4) is 0 Å². The number of benzene rings is 4. The molecule has 3 N–H and O–H groups in total. The van der Waals surface area contributed by atoms with Crippen molar-refractivity contribution < 1.29 is 43.0 Å². The number of nitrogens with one attached hydrogen (secondary N) is 3. The van der Waals surface area contributed by atoms with Crippen LogP contribution in [-0.2, 0) is 14.4 Å². The molecule has 3 aliphatic rings. The Balaban J connectivity index is 1.03. The highest BCUT2D eigenvalue weighted by Crippen LogP contribution is 2.33. The first-order chi connectivity index (χ1) is 30.3. The maximum absolute atomic E-state index is 13.7. The molecule has 330 valence electrons. The summed E-state index contributed by atoms with van der Waals surface area (Å²) in [4.78, 5) is 79.3. The molecule has 0 saturated heterocycles. The molecule has 12 nitrogen and oxygen atoms in total. The summed E-state index contributed by atoms with van der Waals surface area (Å²) in [5.74, 6) is 0.0958. The lowest BCUT2D eigenvalue weighted by atomic mass is 9.83. The molecule has 0 aliphatic heterocycles. The summed E-state index contributed by atoms with van der Waals surface area (Å²) in [5.41, 5.74) is 1.45. The molecule has 12 heteroatoms. The molecular weight excluding hydrogens is 799 g/mol. The van der Waals surface area contributed by atoms with Crippen LogP contribution >= 0.6 is 0 Å². The summed E-state index contributed by atoms with van der Waals surface area (Å²) in [6.45, 7) is 6.57. The number of rotatable bonds is 12. The van der Waals surface area contributed by atoms with E-state index in [2.05, 4.69) is 36.7 Å². The molecule has 4 aromatic rings. The zero-order chi connectivity index (χ0) is 44.5. The van der Waals surface area contributed by atoms with Crippen molar-refractivity contribution >= 4 is 52.7 Å². The van der Waals surface area contributed by atoms with Gasteiger partial charge >= 0.3 is 17.9 Å². The van der Waals surface area contributed by atoms with Crippen LogP contribution in [0.5, 0.6) is 17.2 Å². The van der Waals surface area contributed by atoms with Crippen LogP contribution in [0.4, 0.5) is 17.1 Å².